The third-order valence-electron chi connectivity index (χ3n) is 3.93. The summed E-state index contributed by atoms with van der Waals surface area (Å²) in [6.07, 6.45) is 6.97. The number of thiophene rings is 1. The Morgan fingerprint density at radius 1 is 1.22 bits per heavy atom. The van der Waals surface area contributed by atoms with Gasteiger partial charge in [-0.05, 0) is 36.8 Å². The molecule has 0 aliphatic heterocycles. The van der Waals surface area contributed by atoms with Crippen molar-refractivity contribution in [1.82, 2.24) is 15.0 Å². The molecule has 0 unspecified atom stereocenters. The van der Waals surface area contributed by atoms with Crippen molar-refractivity contribution in [1.29, 1.82) is 5.41 Å². The van der Waals surface area contributed by atoms with E-state index in [1.807, 2.05) is 43.6 Å². The van der Waals surface area contributed by atoms with Crippen LogP contribution in [-0.4, -0.2) is 21.2 Å². The topological polar surface area (TPSA) is 65.4 Å². The van der Waals surface area contributed by atoms with Crippen LogP contribution in [0.3, 0.4) is 0 Å². The highest BCUT2D eigenvalue weighted by molar-refractivity contribution is 7.17. The summed E-state index contributed by atoms with van der Waals surface area (Å²) in [6.45, 7) is 1.92. The van der Waals surface area contributed by atoms with Crippen LogP contribution in [0.5, 0.6) is 0 Å². The van der Waals surface area contributed by atoms with E-state index >= 15 is 0 Å². The lowest BCUT2D eigenvalue weighted by atomic mass is 10.1. The van der Waals surface area contributed by atoms with Crippen molar-refractivity contribution in [3.63, 3.8) is 0 Å². The van der Waals surface area contributed by atoms with Crippen LogP contribution >= 0.6 is 11.3 Å². The largest absolute Gasteiger partial charge is 0.346 e. The highest BCUT2D eigenvalue weighted by Gasteiger charge is 2.13. The molecule has 0 bridgehead atoms. The molecule has 0 aromatic carbocycles. The van der Waals surface area contributed by atoms with E-state index in [0.29, 0.717) is 0 Å². The zero-order valence-corrected chi connectivity index (χ0v) is 13.3. The molecular formula is C18H14N4S. The maximum Gasteiger partial charge on any atom is 0.137 e. The average Bonchev–Trinajstić information content (AvgIpc) is 3.22. The van der Waals surface area contributed by atoms with E-state index in [1.165, 1.54) is 6.21 Å². The zero-order valence-electron chi connectivity index (χ0n) is 12.5. The Morgan fingerprint density at radius 2 is 2.13 bits per heavy atom. The van der Waals surface area contributed by atoms with Crippen molar-refractivity contribution in [3.05, 3.63) is 53.8 Å². The number of rotatable bonds is 3. The molecule has 0 amide bonds. The molecule has 0 atom stereocenters. The predicted octanol–water partition coefficient (Wildman–Crippen LogP) is 4.89. The van der Waals surface area contributed by atoms with E-state index in [-0.39, 0.29) is 0 Å². The fraction of sp³-hybridized carbons (Fsp3) is 0.0556. The minimum Gasteiger partial charge on any atom is -0.346 e. The highest BCUT2D eigenvalue weighted by atomic mass is 32.1. The van der Waals surface area contributed by atoms with Gasteiger partial charge in [0, 0.05) is 40.5 Å². The van der Waals surface area contributed by atoms with Crippen LogP contribution in [0.15, 0.2) is 48.1 Å². The molecule has 0 aliphatic rings. The second kappa shape index (κ2) is 5.44. The Hall–Kier alpha value is -2.79. The first kappa shape index (κ1) is 13.8. The van der Waals surface area contributed by atoms with Gasteiger partial charge in [-0.3, -0.25) is 0 Å². The summed E-state index contributed by atoms with van der Waals surface area (Å²) in [6, 6.07) is 8.12. The molecule has 4 aromatic heterocycles. The smallest absolute Gasteiger partial charge is 0.137 e. The number of aromatic nitrogens is 3. The molecule has 0 saturated carbocycles. The van der Waals surface area contributed by atoms with Gasteiger partial charge >= 0.3 is 0 Å². The number of hydrogen-bond acceptors (Lipinski definition) is 4. The summed E-state index contributed by atoms with van der Waals surface area (Å²) in [7, 11) is 0. The van der Waals surface area contributed by atoms with Crippen molar-refractivity contribution >= 4 is 44.4 Å². The van der Waals surface area contributed by atoms with Gasteiger partial charge in [0.1, 0.15) is 5.65 Å². The first-order chi connectivity index (χ1) is 11.3. The number of hydrogen-bond donors (Lipinski definition) is 2. The number of nitrogens with one attached hydrogen (secondary N) is 2. The van der Waals surface area contributed by atoms with Gasteiger partial charge in [0.15, 0.2) is 0 Å². The van der Waals surface area contributed by atoms with E-state index < -0.39 is 0 Å². The van der Waals surface area contributed by atoms with Gasteiger partial charge in [0.05, 0.1) is 15.9 Å². The van der Waals surface area contributed by atoms with Crippen molar-refractivity contribution in [3.8, 4) is 11.1 Å². The lowest BCUT2D eigenvalue weighted by Crippen LogP contribution is -1.90. The molecule has 0 fully saturated rings. The van der Waals surface area contributed by atoms with E-state index in [2.05, 4.69) is 21.4 Å². The van der Waals surface area contributed by atoms with E-state index in [9.17, 15) is 0 Å². The lowest BCUT2D eigenvalue weighted by Gasteiger charge is -2.04. The van der Waals surface area contributed by atoms with E-state index in [4.69, 9.17) is 10.4 Å². The number of allylic oxidation sites excluding steroid dienone is 2. The Bertz CT molecular complexity index is 1060. The van der Waals surface area contributed by atoms with Gasteiger partial charge in [-0.2, -0.15) is 0 Å². The molecule has 4 nitrogen and oxygen atoms in total. The maximum absolute atomic E-state index is 7.53. The third-order valence-corrected chi connectivity index (χ3v) is 4.87. The quantitative estimate of drug-likeness (QED) is 0.528. The van der Waals surface area contributed by atoms with Gasteiger partial charge in [0.2, 0.25) is 0 Å². The molecule has 4 rings (SSSR count). The lowest BCUT2D eigenvalue weighted by molar-refractivity contribution is 1.32. The summed E-state index contributed by atoms with van der Waals surface area (Å²) >= 11 is 1.69. The Labute approximate surface area is 137 Å². The zero-order chi connectivity index (χ0) is 15.8. The molecule has 2 N–H and O–H groups in total. The van der Waals surface area contributed by atoms with Crippen LogP contribution in [0.2, 0.25) is 0 Å². The van der Waals surface area contributed by atoms with Crippen LogP contribution in [0, 0.1) is 5.41 Å². The molecule has 4 aromatic rings. The van der Waals surface area contributed by atoms with Gasteiger partial charge in [-0.25, -0.2) is 9.97 Å². The number of fused-ring (bicyclic) bond motifs is 2. The van der Waals surface area contributed by atoms with E-state index in [0.717, 1.165) is 43.6 Å². The number of aromatic amines is 1. The second-order valence-corrected chi connectivity index (χ2v) is 6.09. The molecular weight excluding hydrogens is 304 g/mol. The normalized spacial score (nSPS) is 12.1. The predicted molar refractivity (Wildman–Crippen MR) is 97.1 cm³/mol. The Balaban J connectivity index is 1.99. The first-order valence-electron chi connectivity index (χ1n) is 7.29. The maximum atomic E-state index is 7.53. The SMILES string of the molecule is C/C=C(\C=N)c1ccc2scc(-c3ccnc4[nH]ccc34)c2n1. The van der Waals surface area contributed by atoms with Crippen molar-refractivity contribution in [2.45, 2.75) is 6.92 Å². The van der Waals surface area contributed by atoms with Crippen LogP contribution < -0.4 is 0 Å². The van der Waals surface area contributed by atoms with E-state index in [1.54, 1.807) is 11.3 Å². The van der Waals surface area contributed by atoms with Crippen molar-refractivity contribution < 1.29 is 0 Å². The molecule has 5 heteroatoms. The summed E-state index contributed by atoms with van der Waals surface area (Å²) < 4.78 is 1.14. The highest BCUT2D eigenvalue weighted by Crippen LogP contribution is 2.36. The molecule has 0 saturated heterocycles. The minimum atomic E-state index is 0.825. The van der Waals surface area contributed by atoms with Crippen LogP contribution in [-0.2, 0) is 0 Å². The monoisotopic (exact) mass is 318 g/mol. The minimum absolute atomic E-state index is 0.825. The first-order valence-corrected chi connectivity index (χ1v) is 8.17. The fourth-order valence-electron chi connectivity index (χ4n) is 2.77. The van der Waals surface area contributed by atoms with Crippen molar-refractivity contribution in [2.24, 2.45) is 0 Å². The summed E-state index contributed by atoms with van der Waals surface area (Å²) in [5.41, 5.74) is 5.75. The fourth-order valence-corrected chi connectivity index (χ4v) is 3.66. The summed E-state index contributed by atoms with van der Waals surface area (Å²) in [5, 5.41) is 10.8. The molecule has 23 heavy (non-hydrogen) atoms. The van der Waals surface area contributed by atoms with Gasteiger partial charge < -0.3 is 10.4 Å². The van der Waals surface area contributed by atoms with Gasteiger partial charge in [-0.1, -0.05) is 6.08 Å². The average molecular weight is 318 g/mol. The number of H-pyrrole nitrogens is 1. The third kappa shape index (κ3) is 2.17. The van der Waals surface area contributed by atoms with Crippen molar-refractivity contribution in [2.75, 3.05) is 0 Å². The van der Waals surface area contributed by atoms with Crippen LogP contribution in [0.4, 0.5) is 0 Å². The van der Waals surface area contributed by atoms with Crippen LogP contribution in [0.1, 0.15) is 12.6 Å². The van der Waals surface area contributed by atoms with Crippen LogP contribution in [0.25, 0.3) is 38.0 Å². The Kier molecular flexibility index (Phi) is 3.28. The Morgan fingerprint density at radius 3 is 2.96 bits per heavy atom. The molecule has 112 valence electrons. The number of nitrogens with zero attached hydrogens (tertiary/aromatic N) is 2. The van der Waals surface area contributed by atoms with Gasteiger partial charge in [-0.15, -0.1) is 11.3 Å². The molecule has 0 aliphatic carbocycles. The summed E-state index contributed by atoms with van der Waals surface area (Å²) in [4.78, 5) is 12.3. The number of pyridine rings is 2. The summed E-state index contributed by atoms with van der Waals surface area (Å²) in [5.74, 6) is 0. The molecule has 0 spiro atoms. The molecule has 4 heterocycles. The molecule has 0 radical (unpaired) electrons. The van der Waals surface area contributed by atoms with Gasteiger partial charge in [0.25, 0.3) is 0 Å². The second-order valence-electron chi connectivity index (χ2n) is 5.18. The standard InChI is InChI=1S/C18H14N4S/c1-2-11(9-19)15-3-4-16-17(22-15)14(10-23-16)12-5-7-20-18-13(12)6-8-21-18/h2-10,19H,1H3,(H,20,21)/b11-2+,19-9?.